The zero-order valence-corrected chi connectivity index (χ0v) is 18.1. The fourth-order valence-corrected chi connectivity index (χ4v) is 3.47. The Labute approximate surface area is 189 Å². The lowest BCUT2D eigenvalue weighted by Gasteiger charge is -2.12. The molecule has 4 aromatic rings. The molecule has 2 N–H and O–H groups in total. The molecule has 2 aromatic carbocycles. The summed E-state index contributed by atoms with van der Waals surface area (Å²) in [5.41, 5.74) is 0.865. The molecule has 0 atom stereocenters. The van der Waals surface area contributed by atoms with E-state index >= 15 is 0 Å². The number of nitrogens with zero attached hydrogens (tertiary/aromatic N) is 4. The Morgan fingerprint density at radius 1 is 1.25 bits per heavy atom. The predicted octanol–water partition coefficient (Wildman–Crippen LogP) is 4.20. The fourth-order valence-electron chi connectivity index (χ4n) is 3.04. The van der Waals surface area contributed by atoms with Gasteiger partial charge in [-0.05, 0) is 46.3 Å². The van der Waals surface area contributed by atoms with E-state index in [1.165, 1.54) is 18.5 Å². The van der Waals surface area contributed by atoms with Crippen molar-refractivity contribution < 1.29 is 14.6 Å². The number of carboxylic acid groups (broad SMARTS) is 1. The molecule has 32 heavy (non-hydrogen) atoms. The third-order valence-corrected chi connectivity index (χ3v) is 5.21. The normalized spacial score (nSPS) is 10.5. The van der Waals surface area contributed by atoms with E-state index < -0.39 is 11.4 Å². The fraction of sp³-hybridized carbons (Fsp3) is 0.0455. The molecule has 2 aromatic heterocycles. The van der Waals surface area contributed by atoms with Crippen molar-refractivity contribution in [2.75, 3.05) is 5.32 Å². The number of halogens is 1. The summed E-state index contributed by atoms with van der Waals surface area (Å²) >= 11 is 3.38. The van der Waals surface area contributed by atoms with Gasteiger partial charge in [-0.3, -0.25) is 4.79 Å². The van der Waals surface area contributed by atoms with Gasteiger partial charge in [-0.15, -0.1) is 0 Å². The van der Waals surface area contributed by atoms with Gasteiger partial charge >= 0.3 is 5.97 Å². The van der Waals surface area contributed by atoms with Gasteiger partial charge in [0.1, 0.15) is 11.3 Å². The van der Waals surface area contributed by atoms with Crippen LogP contribution in [0.5, 0.6) is 11.6 Å². The van der Waals surface area contributed by atoms with Crippen LogP contribution in [0.4, 0.5) is 11.6 Å². The highest BCUT2D eigenvalue weighted by Gasteiger charge is 2.16. The predicted molar refractivity (Wildman–Crippen MR) is 120 cm³/mol. The number of nitrogens with one attached hydrogen (secondary N) is 1. The Bertz CT molecular complexity index is 1460. The van der Waals surface area contributed by atoms with Gasteiger partial charge in [-0.2, -0.15) is 10.2 Å². The molecular weight excluding hydrogens is 478 g/mol. The number of pyridine rings is 1. The van der Waals surface area contributed by atoms with Gasteiger partial charge in [0.05, 0.1) is 21.6 Å². The Morgan fingerprint density at radius 2 is 2.00 bits per heavy atom. The number of aromatic carboxylic acids is 1. The van der Waals surface area contributed by atoms with Crippen LogP contribution >= 0.6 is 15.9 Å². The molecule has 0 fully saturated rings. The maximum absolute atomic E-state index is 12.5. The molecule has 0 aliphatic rings. The number of ether oxygens (including phenoxy) is 1. The minimum atomic E-state index is -1.28. The second kappa shape index (κ2) is 8.49. The molecule has 158 valence electrons. The van der Waals surface area contributed by atoms with Gasteiger partial charge in [0.25, 0.3) is 0 Å². The van der Waals surface area contributed by atoms with E-state index in [-0.39, 0.29) is 16.8 Å². The summed E-state index contributed by atoms with van der Waals surface area (Å²) in [6.07, 6.45) is 2.80. The van der Waals surface area contributed by atoms with Crippen LogP contribution in [0.15, 0.2) is 64.1 Å². The van der Waals surface area contributed by atoms with Crippen molar-refractivity contribution in [3.8, 4) is 17.7 Å². The van der Waals surface area contributed by atoms with Gasteiger partial charge in [0, 0.05) is 42.6 Å². The number of aryl methyl sites for hydroxylation is 1. The minimum absolute atomic E-state index is 0.248. The highest BCUT2D eigenvalue weighted by Crippen LogP contribution is 2.32. The highest BCUT2D eigenvalue weighted by molar-refractivity contribution is 9.10. The zero-order chi connectivity index (χ0) is 22.8. The SMILES string of the molecule is Cn1cc(C(=O)O)c(=O)c2cc(Br)c(Oc3ccnc(Nc4ccc(C#N)cc4)n3)cc21. The zero-order valence-electron chi connectivity index (χ0n) is 16.5. The van der Waals surface area contributed by atoms with Crippen molar-refractivity contribution in [1.29, 1.82) is 5.26 Å². The molecule has 4 rings (SSSR count). The molecule has 0 aliphatic carbocycles. The molecule has 10 heteroatoms. The third-order valence-electron chi connectivity index (χ3n) is 4.59. The van der Waals surface area contributed by atoms with E-state index in [0.717, 1.165) is 0 Å². The van der Waals surface area contributed by atoms with Crippen molar-refractivity contribution in [2.24, 2.45) is 7.05 Å². The van der Waals surface area contributed by atoms with E-state index in [1.54, 1.807) is 48.0 Å². The number of anilines is 2. The van der Waals surface area contributed by atoms with Crippen LogP contribution in [0.1, 0.15) is 15.9 Å². The van der Waals surface area contributed by atoms with E-state index in [1.807, 2.05) is 0 Å². The average Bonchev–Trinajstić information content (AvgIpc) is 2.78. The molecule has 0 saturated carbocycles. The molecule has 0 radical (unpaired) electrons. The average molecular weight is 492 g/mol. The van der Waals surface area contributed by atoms with Gasteiger partial charge in [-0.25, -0.2) is 9.78 Å². The first kappa shape index (κ1) is 21.0. The maximum Gasteiger partial charge on any atom is 0.341 e. The molecule has 2 heterocycles. The summed E-state index contributed by atoms with van der Waals surface area (Å²) in [6, 6.07) is 13.6. The maximum atomic E-state index is 12.5. The topological polar surface area (TPSA) is 130 Å². The van der Waals surface area contributed by atoms with Crippen LogP contribution < -0.4 is 15.5 Å². The summed E-state index contributed by atoms with van der Waals surface area (Å²) in [5.74, 6) is -0.350. The first-order valence-electron chi connectivity index (χ1n) is 9.20. The number of benzene rings is 2. The second-order valence-corrected chi connectivity index (χ2v) is 7.58. The quantitative estimate of drug-likeness (QED) is 0.424. The number of nitriles is 1. The van der Waals surface area contributed by atoms with Crippen molar-refractivity contribution in [3.63, 3.8) is 0 Å². The monoisotopic (exact) mass is 491 g/mol. The molecule has 0 spiro atoms. The van der Waals surface area contributed by atoms with Crippen molar-refractivity contribution in [3.05, 3.63) is 80.7 Å². The molecule has 0 saturated heterocycles. The highest BCUT2D eigenvalue weighted by atomic mass is 79.9. The van der Waals surface area contributed by atoms with Crippen LogP contribution in [-0.2, 0) is 7.05 Å². The first-order chi connectivity index (χ1) is 15.4. The summed E-state index contributed by atoms with van der Waals surface area (Å²) in [7, 11) is 1.65. The smallest absolute Gasteiger partial charge is 0.341 e. The van der Waals surface area contributed by atoms with E-state index in [0.29, 0.717) is 32.9 Å². The van der Waals surface area contributed by atoms with Gasteiger partial charge in [0.2, 0.25) is 17.3 Å². The Balaban J connectivity index is 1.65. The first-order valence-corrected chi connectivity index (χ1v) is 9.99. The lowest BCUT2D eigenvalue weighted by molar-refractivity contribution is 0.0695. The van der Waals surface area contributed by atoms with Crippen LogP contribution in [0.25, 0.3) is 10.9 Å². The standard InChI is InChI=1S/C22H14BrN5O4/c1-28-11-15(21(30)31)20(29)14-8-16(23)18(9-17(14)28)32-19-6-7-25-22(27-19)26-13-4-2-12(10-24)3-5-13/h2-9,11H,1H3,(H,30,31)(H,25,26,27). The second-order valence-electron chi connectivity index (χ2n) is 6.72. The van der Waals surface area contributed by atoms with Crippen molar-refractivity contribution in [1.82, 2.24) is 14.5 Å². The Morgan fingerprint density at radius 3 is 2.69 bits per heavy atom. The molecule has 0 aliphatic heterocycles. The number of fused-ring (bicyclic) bond motifs is 1. The molecule has 0 amide bonds. The van der Waals surface area contributed by atoms with E-state index in [2.05, 4.69) is 37.3 Å². The summed E-state index contributed by atoms with van der Waals surface area (Å²) in [4.78, 5) is 32.3. The number of carboxylic acids is 1. The molecular formula is C22H14BrN5O4. The van der Waals surface area contributed by atoms with Crippen molar-refractivity contribution >= 4 is 44.4 Å². The third kappa shape index (κ3) is 4.14. The minimum Gasteiger partial charge on any atom is -0.477 e. The van der Waals surface area contributed by atoms with Crippen molar-refractivity contribution in [2.45, 2.75) is 0 Å². The van der Waals surface area contributed by atoms with Crippen LogP contribution in [0, 0.1) is 11.3 Å². The lowest BCUT2D eigenvalue weighted by atomic mass is 10.1. The number of hydrogen-bond acceptors (Lipinski definition) is 7. The van der Waals surface area contributed by atoms with E-state index in [4.69, 9.17) is 10.00 Å². The van der Waals surface area contributed by atoms with Crippen LogP contribution in [-0.4, -0.2) is 25.6 Å². The van der Waals surface area contributed by atoms with Crippen LogP contribution in [0.2, 0.25) is 0 Å². The molecule has 0 unspecified atom stereocenters. The number of aromatic nitrogens is 3. The molecule has 0 bridgehead atoms. The number of hydrogen-bond donors (Lipinski definition) is 2. The summed E-state index contributed by atoms with van der Waals surface area (Å²) < 4.78 is 7.91. The van der Waals surface area contributed by atoms with Gasteiger partial charge in [0.15, 0.2) is 0 Å². The molecule has 9 nitrogen and oxygen atoms in total. The Kier molecular flexibility index (Phi) is 5.57. The lowest BCUT2D eigenvalue weighted by Crippen LogP contribution is -2.17. The number of carbonyl (C=O) groups is 1. The number of rotatable bonds is 5. The van der Waals surface area contributed by atoms with Gasteiger partial charge in [-0.1, -0.05) is 0 Å². The van der Waals surface area contributed by atoms with Crippen LogP contribution in [0.3, 0.4) is 0 Å². The largest absolute Gasteiger partial charge is 0.477 e. The Hall–Kier alpha value is -4.23. The summed E-state index contributed by atoms with van der Waals surface area (Å²) in [5, 5.41) is 21.4. The summed E-state index contributed by atoms with van der Waals surface area (Å²) in [6.45, 7) is 0. The van der Waals surface area contributed by atoms with Gasteiger partial charge < -0.3 is 19.7 Å². The van der Waals surface area contributed by atoms with E-state index in [9.17, 15) is 14.7 Å².